The summed E-state index contributed by atoms with van der Waals surface area (Å²) in [6.07, 6.45) is 8.17. The molecule has 1 N–H and O–H groups in total. The van der Waals surface area contributed by atoms with Crippen molar-refractivity contribution in [1.29, 1.82) is 0 Å². The maximum atomic E-state index is 9.06. The van der Waals surface area contributed by atoms with Crippen LogP contribution in [0.2, 0.25) is 0 Å². The number of hydrogen-bond donors (Lipinski definition) is 1. The zero-order valence-electron chi connectivity index (χ0n) is 8.24. The molecule has 2 unspecified atom stereocenters. The normalized spacial score (nSPS) is 31.6. The van der Waals surface area contributed by atoms with E-state index in [9.17, 15) is 0 Å². The van der Waals surface area contributed by atoms with E-state index in [0.29, 0.717) is 6.61 Å². The van der Waals surface area contributed by atoms with Crippen LogP contribution in [0.1, 0.15) is 38.5 Å². The smallest absolute Gasteiger partial charge is 0.0434 e. The summed E-state index contributed by atoms with van der Waals surface area (Å²) in [4.78, 5) is 0. The van der Waals surface area contributed by atoms with E-state index in [4.69, 9.17) is 5.11 Å². The molecule has 2 fully saturated rings. The predicted molar refractivity (Wildman–Crippen MR) is 58.0 cm³/mol. The van der Waals surface area contributed by atoms with Gasteiger partial charge >= 0.3 is 0 Å². The number of aliphatic hydroxyl groups excluding tert-OH is 1. The second-order valence-electron chi connectivity index (χ2n) is 4.42. The third-order valence-corrected chi connectivity index (χ3v) is 5.20. The Morgan fingerprint density at radius 1 is 1.23 bits per heavy atom. The predicted octanol–water partition coefficient (Wildman–Crippen LogP) is 2.68. The van der Waals surface area contributed by atoms with Crippen LogP contribution in [0.4, 0.5) is 0 Å². The number of rotatable bonds is 4. The molecule has 2 atom stereocenters. The summed E-state index contributed by atoms with van der Waals surface area (Å²) in [5, 5.41) is 9.94. The zero-order chi connectivity index (χ0) is 9.10. The van der Waals surface area contributed by atoms with E-state index in [-0.39, 0.29) is 0 Å². The molecule has 1 saturated carbocycles. The van der Waals surface area contributed by atoms with Gasteiger partial charge in [0.15, 0.2) is 0 Å². The van der Waals surface area contributed by atoms with Crippen molar-refractivity contribution in [3.05, 3.63) is 0 Å². The lowest BCUT2D eigenvalue weighted by molar-refractivity contribution is 0.156. The van der Waals surface area contributed by atoms with Gasteiger partial charge in [0.05, 0.1) is 0 Å². The summed E-state index contributed by atoms with van der Waals surface area (Å²) < 4.78 is 0. The molecule has 0 radical (unpaired) electrons. The molecule has 1 aliphatic carbocycles. The van der Waals surface area contributed by atoms with Crippen LogP contribution in [0.5, 0.6) is 0 Å². The van der Waals surface area contributed by atoms with E-state index in [1.807, 2.05) is 0 Å². The van der Waals surface area contributed by atoms with Crippen molar-refractivity contribution in [3.8, 4) is 0 Å². The van der Waals surface area contributed by atoms with Gasteiger partial charge in [-0.15, -0.1) is 0 Å². The lowest BCUT2D eigenvalue weighted by Crippen LogP contribution is -2.30. The molecular weight excluding hydrogens is 180 g/mol. The fraction of sp³-hybridized carbons (Fsp3) is 1.00. The van der Waals surface area contributed by atoms with Gasteiger partial charge in [-0.2, -0.15) is 11.8 Å². The SMILES string of the molecule is OCCC(C1CCC1)C1CCCS1. The molecule has 2 aliphatic rings. The summed E-state index contributed by atoms with van der Waals surface area (Å²) in [6, 6.07) is 0. The molecular formula is C11H20OS. The van der Waals surface area contributed by atoms with Crippen molar-refractivity contribution >= 4 is 11.8 Å². The molecule has 1 nitrogen and oxygen atoms in total. The van der Waals surface area contributed by atoms with Gasteiger partial charge in [-0.25, -0.2) is 0 Å². The van der Waals surface area contributed by atoms with Crippen LogP contribution < -0.4 is 0 Å². The zero-order valence-corrected chi connectivity index (χ0v) is 9.06. The van der Waals surface area contributed by atoms with E-state index in [1.54, 1.807) is 0 Å². The molecule has 0 amide bonds. The Labute approximate surface area is 85.3 Å². The first-order valence-electron chi connectivity index (χ1n) is 5.64. The van der Waals surface area contributed by atoms with Crippen molar-refractivity contribution in [3.63, 3.8) is 0 Å². The number of hydrogen-bond acceptors (Lipinski definition) is 2. The van der Waals surface area contributed by atoms with E-state index in [0.717, 1.165) is 23.5 Å². The van der Waals surface area contributed by atoms with Gasteiger partial charge in [-0.1, -0.05) is 19.3 Å². The summed E-state index contributed by atoms with van der Waals surface area (Å²) in [6.45, 7) is 0.401. The average Bonchev–Trinajstić information content (AvgIpc) is 2.51. The van der Waals surface area contributed by atoms with E-state index in [1.165, 1.54) is 37.9 Å². The first kappa shape index (κ1) is 9.85. The Hall–Kier alpha value is 0.310. The summed E-state index contributed by atoms with van der Waals surface area (Å²) >= 11 is 2.16. The van der Waals surface area contributed by atoms with Gasteiger partial charge in [0.25, 0.3) is 0 Å². The molecule has 13 heavy (non-hydrogen) atoms. The van der Waals surface area contributed by atoms with Crippen molar-refractivity contribution in [2.24, 2.45) is 11.8 Å². The van der Waals surface area contributed by atoms with Crippen LogP contribution in [0, 0.1) is 11.8 Å². The van der Waals surface area contributed by atoms with Crippen molar-refractivity contribution < 1.29 is 5.11 Å². The van der Waals surface area contributed by atoms with Gasteiger partial charge < -0.3 is 5.11 Å². The van der Waals surface area contributed by atoms with Crippen molar-refractivity contribution in [2.45, 2.75) is 43.8 Å². The third-order valence-electron chi connectivity index (χ3n) is 3.66. The molecule has 0 aromatic heterocycles. The summed E-state index contributed by atoms with van der Waals surface area (Å²) in [5.41, 5.74) is 0. The Balaban J connectivity index is 1.86. The Kier molecular flexibility index (Phi) is 3.56. The molecule has 2 rings (SSSR count). The van der Waals surface area contributed by atoms with Crippen molar-refractivity contribution in [2.75, 3.05) is 12.4 Å². The third kappa shape index (κ3) is 2.21. The average molecular weight is 200 g/mol. The molecule has 1 heterocycles. The Morgan fingerprint density at radius 2 is 2.08 bits per heavy atom. The van der Waals surface area contributed by atoms with E-state index < -0.39 is 0 Å². The largest absolute Gasteiger partial charge is 0.396 e. The molecule has 0 bridgehead atoms. The van der Waals surface area contributed by atoms with Crippen LogP contribution >= 0.6 is 11.8 Å². The number of aliphatic hydroxyl groups is 1. The van der Waals surface area contributed by atoms with E-state index in [2.05, 4.69) is 11.8 Å². The second-order valence-corrected chi connectivity index (χ2v) is 5.77. The lowest BCUT2D eigenvalue weighted by Gasteiger charge is -2.36. The van der Waals surface area contributed by atoms with Crippen LogP contribution in [-0.4, -0.2) is 22.7 Å². The minimum absolute atomic E-state index is 0.401. The van der Waals surface area contributed by atoms with Crippen LogP contribution in [0.15, 0.2) is 0 Å². The maximum Gasteiger partial charge on any atom is 0.0434 e. The fourth-order valence-electron chi connectivity index (χ4n) is 2.68. The van der Waals surface area contributed by atoms with Crippen LogP contribution in [0.25, 0.3) is 0 Å². The monoisotopic (exact) mass is 200 g/mol. The van der Waals surface area contributed by atoms with Gasteiger partial charge in [-0.05, 0) is 36.9 Å². The molecule has 0 spiro atoms. The van der Waals surface area contributed by atoms with Gasteiger partial charge in [0.1, 0.15) is 0 Å². The molecule has 0 aromatic carbocycles. The molecule has 76 valence electrons. The first-order chi connectivity index (χ1) is 6.42. The molecule has 1 saturated heterocycles. The highest BCUT2D eigenvalue weighted by Gasteiger charge is 2.34. The van der Waals surface area contributed by atoms with Gasteiger partial charge in [0, 0.05) is 11.9 Å². The summed E-state index contributed by atoms with van der Waals surface area (Å²) in [5.74, 6) is 3.16. The van der Waals surface area contributed by atoms with Gasteiger partial charge in [-0.3, -0.25) is 0 Å². The Bertz CT molecular complexity index is 150. The lowest BCUT2D eigenvalue weighted by atomic mass is 9.72. The Morgan fingerprint density at radius 3 is 2.54 bits per heavy atom. The van der Waals surface area contributed by atoms with Crippen molar-refractivity contribution in [1.82, 2.24) is 0 Å². The second kappa shape index (κ2) is 4.70. The molecule has 0 aromatic rings. The van der Waals surface area contributed by atoms with E-state index >= 15 is 0 Å². The standard InChI is InChI=1S/C11H20OS/c12-7-6-10(9-3-1-4-9)11-5-2-8-13-11/h9-12H,1-8H2. The van der Waals surface area contributed by atoms with Crippen LogP contribution in [-0.2, 0) is 0 Å². The highest BCUT2D eigenvalue weighted by molar-refractivity contribution is 8.00. The summed E-state index contributed by atoms with van der Waals surface area (Å²) in [7, 11) is 0. The van der Waals surface area contributed by atoms with Crippen LogP contribution in [0.3, 0.4) is 0 Å². The minimum atomic E-state index is 0.401. The first-order valence-corrected chi connectivity index (χ1v) is 6.69. The molecule has 2 heteroatoms. The topological polar surface area (TPSA) is 20.2 Å². The number of thioether (sulfide) groups is 1. The minimum Gasteiger partial charge on any atom is -0.396 e. The molecule has 1 aliphatic heterocycles. The quantitative estimate of drug-likeness (QED) is 0.753. The maximum absolute atomic E-state index is 9.06. The highest BCUT2D eigenvalue weighted by Crippen LogP contribution is 2.44. The highest BCUT2D eigenvalue weighted by atomic mass is 32.2. The van der Waals surface area contributed by atoms with Gasteiger partial charge in [0.2, 0.25) is 0 Å². The fourth-order valence-corrected chi connectivity index (χ4v) is 4.26.